The zero-order valence-electron chi connectivity index (χ0n) is 8.45. The molecule has 0 bridgehead atoms. The number of aromatic nitrogens is 1. The van der Waals surface area contributed by atoms with Gasteiger partial charge in [-0.25, -0.2) is 0 Å². The lowest BCUT2D eigenvalue weighted by Gasteiger charge is -2.07. The SMILES string of the molecule is COc1cc(Br)cc2ccn(C)c(=O)c12. The maximum atomic E-state index is 11.9. The fraction of sp³-hybridized carbons (Fsp3) is 0.182. The molecule has 0 spiro atoms. The van der Waals surface area contributed by atoms with Gasteiger partial charge in [-0.3, -0.25) is 4.79 Å². The first-order valence-electron chi connectivity index (χ1n) is 4.46. The second-order valence-corrected chi connectivity index (χ2v) is 4.22. The Morgan fingerprint density at radius 2 is 2.13 bits per heavy atom. The van der Waals surface area contributed by atoms with Crippen LogP contribution < -0.4 is 10.3 Å². The molecule has 0 saturated carbocycles. The van der Waals surface area contributed by atoms with Crippen LogP contribution in [0.15, 0.2) is 33.7 Å². The highest BCUT2D eigenvalue weighted by atomic mass is 79.9. The van der Waals surface area contributed by atoms with Gasteiger partial charge in [-0.15, -0.1) is 0 Å². The Kier molecular flexibility index (Phi) is 2.52. The summed E-state index contributed by atoms with van der Waals surface area (Å²) < 4.78 is 7.64. The summed E-state index contributed by atoms with van der Waals surface area (Å²) >= 11 is 3.38. The highest BCUT2D eigenvalue weighted by Gasteiger charge is 2.08. The lowest BCUT2D eigenvalue weighted by molar-refractivity contribution is 0.419. The number of rotatable bonds is 1. The predicted octanol–water partition coefficient (Wildman–Crippen LogP) is 2.31. The third-order valence-corrected chi connectivity index (χ3v) is 2.79. The largest absolute Gasteiger partial charge is 0.496 e. The van der Waals surface area contributed by atoms with E-state index < -0.39 is 0 Å². The van der Waals surface area contributed by atoms with Gasteiger partial charge < -0.3 is 9.30 Å². The molecular weight excluding hydrogens is 258 g/mol. The molecule has 1 heterocycles. The standard InChI is InChI=1S/C11H10BrNO2/c1-13-4-3-7-5-8(12)6-9(15-2)10(7)11(13)14/h3-6H,1-2H3. The smallest absolute Gasteiger partial charge is 0.261 e. The summed E-state index contributed by atoms with van der Waals surface area (Å²) in [6.45, 7) is 0. The molecule has 0 saturated heterocycles. The minimum Gasteiger partial charge on any atom is -0.496 e. The van der Waals surface area contributed by atoms with Crippen LogP contribution in [0.25, 0.3) is 10.8 Å². The van der Waals surface area contributed by atoms with E-state index in [1.807, 2.05) is 12.1 Å². The van der Waals surface area contributed by atoms with Crippen molar-refractivity contribution in [2.75, 3.05) is 7.11 Å². The van der Waals surface area contributed by atoms with Gasteiger partial charge >= 0.3 is 0 Å². The third kappa shape index (κ3) is 1.65. The normalized spacial score (nSPS) is 10.6. The first kappa shape index (κ1) is 10.2. The Balaban J connectivity index is 2.98. The second kappa shape index (κ2) is 3.70. The molecule has 2 rings (SSSR count). The summed E-state index contributed by atoms with van der Waals surface area (Å²) in [7, 11) is 3.29. The van der Waals surface area contributed by atoms with Gasteiger partial charge in [0, 0.05) is 17.7 Å². The Labute approximate surface area is 95.4 Å². The van der Waals surface area contributed by atoms with E-state index in [1.54, 1.807) is 31.0 Å². The number of pyridine rings is 1. The molecule has 3 nitrogen and oxygen atoms in total. The van der Waals surface area contributed by atoms with Gasteiger partial charge in [0.2, 0.25) is 0 Å². The molecule has 0 aliphatic heterocycles. The number of hydrogen-bond donors (Lipinski definition) is 0. The molecule has 1 aromatic carbocycles. The van der Waals surface area contributed by atoms with E-state index in [0.29, 0.717) is 11.1 Å². The van der Waals surface area contributed by atoms with Crippen LogP contribution in [0, 0.1) is 0 Å². The van der Waals surface area contributed by atoms with E-state index in [0.717, 1.165) is 9.86 Å². The summed E-state index contributed by atoms with van der Waals surface area (Å²) in [6.07, 6.45) is 1.75. The number of methoxy groups -OCH3 is 1. The molecule has 0 unspecified atom stereocenters. The average Bonchev–Trinajstić information content (AvgIpc) is 2.22. The molecule has 15 heavy (non-hydrogen) atoms. The average molecular weight is 268 g/mol. The Morgan fingerprint density at radius 1 is 1.40 bits per heavy atom. The molecule has 78 valence electrons. The van der Waals surface area contributed by atoms with Crippen LogP contribution in [0.2, 0.25) is 0 Å². The molecule has 2 aromatic rings. The van der Waals surface area contributed by atoms with Crippen molar-refractivity contribution in [1.82, 2.24) is 4.57 Å². The quantitative estimate of drug-likeness (QED) is 0.794. The number of nitrogens with zero attached hydrogens (tertiary/aromatic N) is 1. The fourth-order valence-electron chi connectivity index (χ4n) is 1.56. The number of hydrogen-bond acceptors (Lipinski definition) is 2. The summed E-state index contributed by atoms with van der Waals surface area (Å²) in [6, 6.07) is 5.59. The van der Waals surface area contributed by atoms with Crippen LogP contribution >= 0.6 is 15.9 Å². The first-order valence-corrected chi connectivity index (χ1v) is 5.25. The van der Waals surface area contributed by atoms with Crippen molar-refractivity contribution in [3.63, 3.8) is 0 Å². The van der Waals surface area contributed by atoms with Crippen molar-refractivity contribution in [1.29, 1.82) is 0 Å². The van der Waals surface area contributed by atoms with Crippen LogP contribution in [-0.2, 0) is 7.05 Å². The van der Waals surface area contributed by atoms with Crippen LogP contribution in [0.5, 0.6) is 5.75 Å². The maximum absolute atomic E-state index is 11.9. The number of fused-ring (bicyclic) bond motifs is 1. The number of halogens is 1. The molecule has 0 atom stereocenters. The lowest BCUT2D eigenvalue weighted by Crippen LogP contribution is -2.16. The first-order chi connectivity index (χ1) is 7.13. The van der Waals surface area contributed by atoms with Crippen molar-refractivity contribution in [3.05, 3.63) is 39.2 Å². The fourth-order valence-corrected chi connectivity index (χ4v) is 2.01. The molecule has 0 amide bonds. The zero-order valence-corrected chi connectivity index (χ0v) is 10.0. The lowest BCUT2D eigenvalue weighted by atomic mass is 10.1. The van der Waals surface area contributed by atoms with Crippen molar-refractivity contribution in [3.8, 4) is 5.75 Å². The Bertz CT molecular complexity index is 575. The summed E-state index contributed by atoms with van der Waals surface area (Å²) in [5, 5.41) is 1.50. The molecule has 1 aromatic heterocycles. The van der Waals surface area contributed by atoms with Crippen LogP contribution in [0.1, 0.15) is 0 Å². The van der Waals surface area contributed by atoms with E-state index in [2.05, 4.69) is 15.9 Å². The van der Waals surface area contributed by atoms with Crippen molar-refractivity contribution >= 4 is 26.7 Å². The molecule has 0 aliphatic carbocycles. The Morgan fingerprint density at radius 3 is 2.80 bits per heavy atom. The highest BCUT2D eigenvalue weighted by molar-refractivity contribution is 9.10. The van der Waals surface area contributed by atoms with Crippen molar-refractivity contribution in [2.45, 2.75) is 0 Å². The predicted molar refractivity (Wildman–Crippen MR) is 63.4 cm³/mol. The molecule has 0 fully saturated rings. The third-order valence-electron chi connectivity index (χ3n) is 2.33. The van der Waals surface area contributed by atoms with Gasteiger partial charge in [0.25, 0.3) is 5.56 Å². The number of aryl methyl sites for hydroxylation is 1. The number of ether oxygens (including phenoxy) is 1. The molecule has 4 heteroatoms. The van der Waals surface area contributed by atoms with Crippen LogP contribution in [0.3, 0.4) is 0 Å². The van der Waals surface area contributed by atoms with Crippen LogP contribution in [-0.4, -0.2) is 11.7 Å². The monoisotopic (exact) mass is 267 g/mol. The van der Waals surface area contributed by atoms with Gasteiger partial charge in [0.1, 0.15) is 5.75 Å². The van der Waals surface area contributed by atoms with Crippen LogP contribution in [0.4, 0.5) is 0 Å². The van der Waals surface area contributed by atoms with Crippen molar-refractivity contribution in [2.24, 2.45) is 7.05 Å². The zero-order chi connectivity index (χ0) is 11.0. The highest BCUT2D eigenvalue weighted by Crippen LogP contribution is 2.27. The molecular formula is C11H10BrNO2. The van der Waals surface area contributed by atoms with Gasteiger partial charge in [-0.2, -0.15) is 0 Å². The van der Waals surface area contributed by atoms with Gasteiger partial charge in [0.05, 0.1) is 12.5 Å². The minimum atomic E-state index is -0.0446. The van der Waals surface area contributed by atoms with Gasteiger partial charge in [-0.05, 0) is 23.6 Å². The summed E-state index contributed by atoms with van der Waals surface area (Å²) in [5.74, 6) is 0.598. The second-order valence-electron chi connectivity index (χ2n) is 3.30. The van der Waals surface area contributed by atoms with E-state index in [-0.39, 0.29) is 5.56 Å². The van der Waals surface area contributed by atoms with Crippen molar-refractivity contribution < 1.29 is 4.74 Å². The topological polar surface area (TPSA) is 31.2 Å². The maximum Gasteiger partial charge on any atom is 0.261 e. The number of benzene rings is 1. The van der Waals surface area contributed by atoms with E-state index in [4.69, 9.17) is 4.74 Å². The van der Waals surface area contributed by atoms with Gasteiger partial charge in [-0.1, -0.05) is 15.9 Å². The minimum absolute atomic E-state index is 0.0446. The van der Waals surface area contributed by atoms with E-state index >= 15 is 0 Å². The van der Waals surface area contributed by atoms with Gasteiger partial charge in [0.15, 0.2) is 0 Å². The molecule has 0 N–H and O–H groups in total. The molecule has 0 aliphatic rings. The van der Waals surface area contributed by atoms with E-state index in [1.165, 1.54) is 0 Å². The Hall–Kier alpha value is -1.29. The molecule has 0 radical (unpaired) electrons. The summed E-state index contributed by atoms with van der Waals surface area (Å²) in [5.41, 5.74) is -0.0446. The van der Waals surface area contributed by atoms with E-state index in [9.17, 15) is 4.79 Å². The summed E-state index contributed by atoms with van der Waals surface area (Å²) in [4.78, 5) is 11.9.